The zero-order chi connectivity index (χ0) is 23.8. The number of carbonyl (C=O) groups excluding carboxylic acids is 1. The highest BCUT2D eigenvalue weighted by Gasteiger charge is 2.84. The molecule has 2 aliphatic carbocycles. The summed E-state index contributed by atoms with van der Waals surface area (Å²) in [6.45, 7) is 0. The molecule has 5 nitrogen and oxygen atoms in total. The van der Waals surface area contributed by atoms with Crippen LogP contribution in [-0.4, -0.2) is 10.7 Å². The molecule has 0 saturated carbocycles. The van der Waals surface area contributed by atoms with Crippen LogP contribution in [-0.2, 0) is 10.3 Å². The predicted octanol–water partition coefficient (Wildman–Crippen LogP) is 6.04. The first kappa shape index (κ1) is 19.9. The summed E-state index contributed by atoms with van der Waals surface area (Å²) in [7, 11) is 0. The Labute approximate surface area is 201 Å². The lowest BCUT2D eigenvalue weighted by Crippen LogP contribution is -2.51. The van der Waals surface area contributed by atoms with Gasteiger partial charge in [0.15, 0.2) is 11.2 Å². The van der Waals surface area contributed by atoms with Crippen molar-refractivity contribution in [3.05, 3.63) is 153 Å². The maximum absolute atomic E-state index is 14.7. The van der Waals surface area contributed by atoms with E-state index < -0.39 is 17.1 Å². The minimum Gasteiger partial charge on any atom is -0.483 e. The molecule has 0 saturated heterocycles. The topological polar surface area (TPSA) is 69.4 Å². The van der Waals surface area contributed by atoms with Gasteiger partial charge in [0.1, 0.15) is 11.9 Å². The molecule has 4 aromatic carbocycles. The third-order valence-corrected chi connectivity index (χ3v) is 7.74. The maximum atomic E-state index is 14.7. The monoisotopic (exact) mass is 457 g/mol. The van der Waals surface area contributed by atoms with Gasteiger partial charge in [0.25, 0.3) is 5.54 Å². The molecule has 0 fully saturated rings. The molecule has 168 valence electrons. The molecular weight excluding hydrogens is 438 g/mol. The molecule has 0 spiro atoms. The third-order valence-electron chi connectivity index (χ3n) is 7.74. The third kappa shape index (κ3) is 2.12. The Morgan fingerprint density at radius 3 is 2.09 bits per heavy atom. The summed E-state index contributed by atoms with van der Waals surface area (Å²) in [5.74, 6) is 0.235. The van der Waals surface area contributed by atoms with Crippen LogP contribution in [0.1, 0.15) is 44.3 Å². The molecule has 3 atom stereocenters. The van der Waals surface area contributed by atoms with Crippen LogP contribution in [0.4, 0.5) is 0 Å². The Morgan fingerprint density at radius 2 is 1.37 bits per heavy atom. The Bertz CT molecular complexity index is 1580. The molecule has 1 aliphatic heterocycles. The van der Waals surface area contributed by atoms with Crippen LogP contribution in [0.25, 0.3) is 11.3 Å². The van der Waals surface area contributed by atoms with Crippen LogP contribution in [0.3, 0.4) is 0 Å². The molecule has 35 heavy (non-hydrogen) atoms. The Morgan fingerprint density at radius 1 is 0.771 bits per heavy atom. The number of benzene rings is 4. The largest absolute Gasteiger partial charge is 0.483 e. The first-order valence-corrected chi connectivity index (χ1v) is 11.5. The van der Waals surface area contributed by atoms with Gasteiger partial charge in [-0.2, -0.15) is 0 Å². The number of fused-ring (bicyclic) bond motifs is 6. The molecule has 4 aromatic rings. The lowest BCUT2D eigenvalue weighted by atomic mass is 9.64. The van der Waals surface area contributed by atoms with Crippen LogP contribution in [0.5, 0.6) is 0 Å². The second-order valence-corrected chi connectivity index (χ2v) is 9.17. The van der Waals surface area contributed by atoms with Crippen molar-refractivity contribution in [3.8, 4) is 0 Å². The van der Waals surface area contributed by atoms with E-state index in [9.17, 15) is 14.9 Å². The van der Waals surface area contributed by atoms with Gasteiger partial charge in [0, 0.05) is 38.3 Å². The van der Waals surface area contributed by atoms with Gasteiger partial charge in [-0.15, -0.1) is 0 Å². The highest BCUT2D eigenvalue weighted by Crippen LogP contribution is 2.77. The molecule has 1 heterocycles. The number of hydrogen-bond donors (Lipinski definition) is 0. The number of rotatable bonds is 4. The molecule has 0 N–H and O–H groups in total. The van der Waals surface area contributed by atoms with Crippen LogP contribution in [0.15, 0.2) is 109 Å². The zero-order valence-corrected chi connectivity index (χ0v) is 18.5. The number of ether oxygens (including phenoxy) is 1. The standard InChI is InChI=1S/C30H19NO4/c32-27(20-13-5-2-6-14-20)29-25-21-15-7-9-17-23(21)30(29,31(33)34)24-18-10-8-16-22(24)28(29)35-26(25)19-11-3-1-4-12-19/h1-18,28H/t28-,29+,30-/m0/s1. The van der Waals surface area contributed by atoms with Crippen molar-refractivity contribution in [3.63, 3.8) is 0 Å². The Balaban J connectivity index is 1.70. The zero-order valence-electron chi connectivity index (χ0n) is 18.5. The summed E-state index contributed by atoms with van der Waals surface area (Å²) in [6.07, 6.45) is -0.825. The molecule has 0 radical (unpaired) electrons. The van der Waals surface area contributed by atoms with Crippen molar-refractivity contribution in [1.29, 1.82) is 0 Å². The molecule has 0 unspecified atom stereocenters. The van der Waals surface area contributed by atoms with E-state index in [2.05, 4.69) is 0 Å². The van der Waals surface area contributed by atoms with Gasteiger partial charge in [-0.1, -0.05) is 109 Å². The van der Waals surface area contributed by atoms with Crippen LogP contribution < -0.4 is 0 Å². The Hall–Kier alpha value is -4.51. The summed E-state index contributed by atoms with van der Waals surface area (Å²) in [5, 5.41) is 13.4. The highest BCUT2D eigenvalue weighted by molar-refractivity contribution is 6.18. The minimum atomic E-state index is -1.80. The number of Topliss-reactive ketones (excluding diaryl/α,β-unsaturated/α-hetero) is 1. The van der Waals surface area contributed by atoms with E-state index in [0.29, 0.717) is 39.1 Å². The predicted molar refractivity (Wildman–Crippen MR) is 131 cm³/mol. The van der Waals surface area contributed by atoms with Crippen molar-refractivity contribution in [2.45, 2.75) is 11.6 Å². The highest BCUT2D eigenvalue weighted by atomic mass is 16.6. The van der Waals surface area contributed by atoms with Gasteiger partial charge in [-0.05, 0) is 5.56 Å². The van der Waals surface area contributed by atoms with Crippen LogP contribution >= 0.6 is 0 Å². The van der Waals surface area contributed by atoms with E-state index >= 15 is 0 Å². The quantitative estimate of drug-likeness (QED) is 0.213. The number of carbonyl (C=O) groups is 1. The lowest BCUT2D eigenvalue weighted by molar-refractivity contribution is -0.577. The number of nitrogens with zero attached hydrogens (tertiary/aromatic N) is 1. The van der Waals surface area contributed by atoms with Crippen LogP contribution in [0.2, 0.25) is 0 Å². The molecular formula is C30H19NO4. The summed E-state index contributed by atoms with van der Waals surface area (Å²) >= 11 is 0. The normalized spacial score (nSPS) is 25.0. The summed E-state index contributed by atoms with van der Waals surface area (Å²) in [5.41, 5.74) is 0.898. The summed E-state index contributed by atoms with van der Waals surface area (Å²) in [4.78, 5) is 27.9. The smallest absolute Gasteiger partial charge is 0.293 e. The van der Waals surface area contributed by atoms with Crippen molar-refractivity contribution in [2.75, 3.05) is 0 Å². The number of hydrogen-bond acceptors (Lipinski definition) is 4. The Kier molecular flexibility index (Phi) is 3.85. The van der Waals surface area contributed by atoms with Crippen molar-refractivity contribution < 1.29 is 14.5 Å². The van der Waals surface area contributed by atoms with Crippen molar-refractivity contribution in [2.24, 2.45) is 5.41 Å². The van der Waals surface area contributed by atoms with Gasteiger partial charge in [0.2, 0.25) is 0 Å². The fourth-order valence-electron chi connectivity index (χ4n) is 6.58. The van der Waals surface area contributed by atoms with E-state index in [1.165, 1.54) is 0 Å². The first-order valence-electron chi connectivity index (χ1n) is 11.5. The SMILES string of the molecule is O=C(c1ccccc1)[C@]12C3=C(c4ccccc4)O[C@H]1c1ccccc1[C@@]2([N+](=O)[O-])c1ccccc13. The summed E-state index contributed by atoms with van der Waals surface area (Å²) < 4.78 is 6.66. The molecule has 3 aliphatic rings. The van der Waals surface area contributed by atoms with E-state index in [1.807, 2.05) is 66.7 Å². The van der Waals surface area contributed by atoms with Crippen molar-refractivity contribution >= 4 is 17.1 Å². The molecule has 0 aromatic heterocycles. The molecule has 5 heteroatoms. The second kappa shape index (κ2) is 6.76. The van der Waals surface area contributed by atoms with Gasteiger partial charge in [-0.25, -0.2) is 0 Å². The van der Waals surface area contributed by atoms with Gasteiger partial charge in [-0.3, -0.25) is 14.9 Å². The lowest BCUT2D eigenvalue weighted by Gasteiger charge is -2.33. The van der Waals surface area contributed by atoms with E-state index in [0.717, 1.165) is 5.56 Å². The minimum absolute atomic E-state index is 0.254. The fourth-order valence-corrected chi connectivity index (χ4v) is 6.58. The van der Waals surface area contributed by atoms with Gasteiger partial charge >= 0.3 is 0 Å². The molecule has 0 bridgehead atoms. The van der Waals surface area contributed by atoms with Crippen molar-refractivity contribution in [1.82, 2.24) is 0 Å². The average Bonchev–Trinajstić information content (AvgIpc) is 3.49. The molecule has 7 rings (SSSR count). The van der Waals surface area contributed by atoms with E-state index in [4.69, 9.17) is 4.74 Å². The van der Waals surface area contributed by atoms with E-state index in [1.54, 1.807) is 42.5 Å². The summed E-state index contributed by atoms with van der Waals surface area (Å²) in [6, 6.07) is 33.1. The maximum Gasteiger partial charge on any atom is 0.293 e. The van der Waals surface area contributed by atoms with Gasteiger partial charge in [0.05, 0.1) is 0 Å². The average molecular weight is 457 g/mol. The van der Waals surface area contributed by atoms with Crippen LogP contribution in [0, 0.1) is 15.5 Å². The first-order chi connectivity index (χ1) is 17.1. The molecule has 0 amide bonds. The van der Waals surface area contributed by atoms with Gasteiger partial charge < -0.3 is 4.74 Å². The second-order valence-electron chi connectivity index (χ2n) is 9.17. The van der Waals surface area contributed by atoms with E-state index in [-0.39, 0.29) is 10.7 Å². The number of ketones is 1. The fraction of sp³-hybridized carbons (Fsp3) is 0.100. The number of nitro groups is 1.